The molecule has 0 saturated heterocycles. The molecule has 0 aromatic heterocycles. The van der Waals surface area contributed by atoms with Crippen molar-refractivity contribution in [3.8, 4) is 0 Å². The third-order valence-electron chi connectivity index (χ3n) is 10.2. The molecule has 0 spiro atoms. The third kappa shape index (κ3) is 41.4. The summed E-state index contributed by atoms with van der Waals surface area (Å²) in [5, 5.41) is 3.11. The van der Waals surface area contributed by atoms with E-state index in [1.165, 1.54) is 148 Å². The Morgan fingerprint density at radius 3 is 1.40 bits per heavy atom. The Morgan fingerprint density at radius 1 is 0.453 bits per heavy atom. The van der Waals surface area contributed by atoms with Crippen molar-refractivity contribution in [1.82, 2.24) is 9.80 Å². The first-order valence-corrected chi connectivity index (χ1v) is 22.9. The monoisotopic (exact) mass is 748 g/mol. The SMILES string of the molecule is CCCCC/C=C\CCN(CC/C=C\CCCCC)CCOCCOC(=O)CCCCCCCCCN(CCCCCCCCCCCC)CCN=O. The number of esters is 1. The van der Waals surface area contributed by atoms with Crippen LogP contribution in [0.1, 0.15) is 201 Å². The molecule has 0 aliphatic heterocycles. The van der Waals surface area contributed by atoms with E-state index >= 15 is 0 Å². The maximum absolute atomic E-state index is 12.2. The summed E-state index contributed by atoms with van der Waals surface area (Å²) in [5.41, 5.74) is 0. The van der Waals surface area contributed by atoms with Gasteiger partial charge in [-0.15, -0.1) is 0 Å². The van der Waals surface area contributed by atoms with E-state index in [0.717, 1.165) is 65.0 Å². The second-order valence-corrected chi connectivity index (χ2v) is 15.3. The molecule has 0 radical (unpaired) electrons. The topological polar surface area (TPSA) is 71.4 Å². The van der Waals surface area contributed by atoms with E-state index in [1.54, 1.807) is 0 Å². The van der Waals surface area contributed by atoms with E-state index in [0.29, 0.717) is 32.8 Å². The van der Waals surface area contributed by atoms with Crippen molar-refractivity contribution in [3.63, 3.8) is 0 Å². The highest BCUT2D eigenvalue weighted by atomic mass is 16.6. The Balaban J connectivity index is 3.92. The number of unbranched alkanes of at least 4 members (excludes halogenated alkanes) is 21. The number of ether oxygens (including phenoxy) is 2. The van der Waals surface area contributed by atoms with Crippen molar-refractivity contribution in [1.29, 1.82) is 0 Å². The van der Waals surface area contributed by atoms with E-state index in [-0.39, 0.29) is 5.97 Å². The number of carbonyl (C=O) groups is 1. The highest BCUT2D eigenvalue weighted by Crippen LogP contribution is 2.13. The highest BCUT2D eigenvalue weighted by Gasteiger charge is 2.07. The predicted octanol–water partition coefficient (Wildman–Crippen LogP) is 13.0. The van der Waals surface area contributed by atoms with Crippen LogP contribution in [0.25, 0.3) is 0 Å². The summed E-state index contributed by atoms with van der Waals surface area (Å²) in [5.74, 6) is -0.0982. The average Bonchev–Trinajstić information content (AvgIpc) is 3.16. The largest absolute Gasteiger partial charge is 0.463 e. The fourth-order valence-corrected chi connectivity index (χ4v) is 6.76. The number of rotatable bonds is 44. The van der Waals surface area contributed by atoms with Crippen molar-refractivity contribution >= 4 is 5.97 Å². The maximum Gasteiger partial charge on any atom is 0.305 e. The number of carbonyl (C=O) groups excluding carboxylic acids is 1. The average molecular weight is 748 g/mol. The van der Waals surface area contributed by atoms with Crippen molar-refractivity contribution < 1.29 is 14.3 Å². The summed E-state index contributed by atoms with van der Waals surface area (Å²) in [7, 11) is 0. The lowest BCUT2D eigenvalue weighted by atomic mass is 10.1. The van der Waals surface area contributed by atoms with Crippen molar-refractivity contribution in [2.75, 3.05) is 65.6 Å². The van der Waals surface area contributed by atoms with Gasteiger partial charge in [0.2, 0.25) is 0 Å². The summed E-state index contributed by atoms with van der Waals surface area (Å²) >= 11 is 0. The third-order valence-corrected chi connectivity index (χ3v) is 10.2. The maximum atomic E-state index is 12.2. The normalized spacial score (nSPS) is 11.9. The van der Waals surface area contributed by atoms with Crippen LogP contribution in [0.5, 0.6) is 0 Å². The molecule has 7 heteroatoms. The Hall–Kier alpha value is -1.57. The molecule has 0 amide bonds. The minimum Gasteiger partial charge on any atom is -0.463 e. The van der Waals surface area contributed by atoms with Crippen LogP contribution in [0.15, 0.2) is 29.5 Å². The molecule has 0 fully saturated rings. The zero-order chi connectivity index (χ0) is 38.6. The van der Waals surface area contributed by atoms with Gasteiger partial charge in [-0.05, 0) is 70.9 Å². The van der Waals surface area contributed by atoms with Gasteiger partial charge in [0.1, 0.15) is 6.61 Å². The molecule has 53 heavy (non-hydrogen) atoms. The number of nitrogens with zero attached hydrogens (tertiary/aromatic N) is 3. The molecule has 0 bridgehead atoms. The molecule has 0 aliphatic carbocycles. The number of allylic oxidation sites excluding steroid dienone is 2. The van der Waals surface area contributed by atoms with Crippen molar-refractivity contribution in [2.45, 2.75) is 201 Å². The fourth-order valence-electron chi connectivity index (χ4n) is 6.76. The van der Waals surface area contributed by atoms with E-state index in [4.69, 9.17) is 9.47 Å². The first-order valence-electron chi connectivity index (χ1n) is 22.9. The van der Waals surface area contributed by atoms with Gasteiger partial charge in [0.25, 0.3) is 0 Å². The lowest BCUT2D eigenvalue weighted by Crippen LogP contribution is -2.30. The molecule has 0 aromatic carbocycles. The molecule has 0 heterocycles. The Bertz CT molecular complexity index is 782. The van der Waals surface area contributed by atoms with Gasteiger partial charge in [0, 0.05) is 32.6 Å². The standard InChI is InChI=1S/C46H89N3O4/c1-4-7-10-13-16-17-18-23-28-31-37-48(41-36-47-51)38-32-29-24-19-20-25-30-35-46(50)53-45-44-52-43-42-49(39-33-26-21-14-11-8-5-2)40-34-27-22-15-12-9-6-3/h21-22,26-27H,4-20,23-25,28-45H2,1-3H3/b26-21-,27-22-. The van der Waals surface area contributed by atoms with E-state index in [1.807, 2.05) is 0 Å². The van der Waals surface area contributed by atoms with Gasteiger partial charge in [0.15, 0.2) is 0 Å². The Kier molecular flexibility index (Phi) is 43.5. The Labute approximate surface area is 329 Å². The quantitative estimate of drug-likeness (QED) is 0.0267. The van der Waals surface area contributed by atoms with Gasteiger partial charge >= 0.3 is 5.97 Å². The second-order valence-electron chi connectivity index (χ2n) is 15.3. The molecule has 0 saturated carbocycles. The molecule has 7 nitrogen and oxygen atoms in total. The first kappa shape index (κ1) is 51.4. The van der Waals surface area contributed by atoms with E-state index in [2.05, 4.69) is 60.1 Å². The van der Waals surface area contributed by atoms with Crippen LogP contribution < -0.4 is 0 Å². The van der Waals surface area contributed by atoms with E-state index < -0.39 is 0 Å². The Morgan fingerprint density at radius 2 is 0.887 bits per heavy atom. The van der Waals surface area contributed by atoms with Gasteiger partial charge < -0.3 is 19.3 Å². The molecular weight excluding hydrogens is 659 g/mol. The zero-order valence-corrected chi connectivity index (χ0v) is 35.7. The van der Waals surface area contributed by atoms with Crippen LogP contribution in [0, 0.1) is 4.91 Å². The summed E-state index contributed by atoms with van der Waals surface area (Å²) in [4.78, 5) is 27.9. The number of hydrogen-bond donors (Lipinski definition) is 0. The smallest absolute Gasteiger partial charge is 0.305 e. The van der Waals surface area contributed by atoms with Crippen LogP contribution in [-0.2, 0) is 14.3 Å². The summed E-state index contributed by atoms with van der Waals surface area (Å²) < 4.78 is 11.3. The second kappa shape index (κ2) is 44.8. The van der Waals surface area contributed by atoms with Gasteiger partial charge in [-0.1, -0.05) is 166 Å². The summed E-state index contributed by atoms with van der Waals surface area (Å²) in [6.45, 7) is 14.7. The van der Waals surface area contributed by atoms with Gasteiger partial charge in [-0.3, -0.25) is 4.79 Å². The summed E-state index contributed by atoms with van der Waals surface area (Å²) in [6.07, 6.45) is 43.8. The van der Waals surface area contributed by atoms with Crippen LogP contribution in [0.2, 0.25) is 0 Å². The highest BCUT2D eigenvalue weighted by molar-refractivity contribution is 5.69. The van der Waals surface area contributed by atoms with Gasteiger partial charge in [0.05, 0.1) is 19.8 Å². The number of nitroso groups, excluding NO2 is 1. The molecule has 0 aliphatic rings. The molecule has 0 aromatic rings. The molecule has 312 valence electrons. The van der Waals surface area contributed by atoms with Crippen molar-refractivity contribution in [3.05, 3.63) is 29.2 Å². The molecule has 0 N–H and O–H groups in total. The van der Waals surface area contributed by atoms with E-state index in [9.17, 15) is 9.70 Å². The zero-order valence-electron chi connectivity index (χ0n) is 35.7. The lowest BCUT2D eigenvalue weighted by Gasteiger charge is -2.21. The predicted molar refractivity (Wildman–Crippen MR) is 230 cm³/mol. The van der Waals surface area contributed by atoms with Crippen LogP contribution >= 0.6 is 0 Å². The summed E-state index contributed by atoms with van der Waals surface area (Å²) in [6, 6.07) is 0. The molecular formula is C46H89N3O4. The minimum absolute atomic E-state index is 0.0982. The van der Waals surface area contributed by atoms with Gasteiger partial charge in [-0.2, -0.15) is 4.91 Å². The fraction of sp³-hybridized carbons (Fsp3) is 0.891. The molecule has 0 atom stereocenters. The molecule has 0 unspecified atom stereocenters. The number of hydrogen-bond acceptors (Lipinski definition) is 7. The van der Waals surface area contributed by atoms with Gasteiger partial charge in [-0.25, -0.2) is 0 Å². The molecule has 0 rings (SSSR count). The first-order chi connectivity index (χ1) is 26.2. The lowest BCUT2D eigenvalue weighted by molar-refractivity contribution is -0.145. The van der Waals surface area contributed by atoms with Crippen LogP contribution in [0.4, 0.5) is 0 Å². The van der Waals surface area contributed by atoms with Crippen molar-refractivity contribution in [2.24, 2.45) is 5.18 Å². The van der Waals surface area contributed by atoms with Crippen LogP contribution in [-0.4, -0.2) is 81.4 Å². The minimum atomic E-state index is -0.0982. The van der Waals surface area contributed by atoms with Crippen LogP contribution in [0.3, 0.4) is 0 Å².